The van der Waals surface area contributed by atoms with Crippen molar-refractivity contribution in [2.75, 3.05) is 30.9 Å². The van der Waals surface area contributed by atoms with Crippen LogP contribution in [0.4, 0.5) is 17.3 Å². The second-order valence-corrected chi connectivity index (χ2v) is 5.18. The molecule has 2 aromatic rings. The van der Waals surface area contributed by atoms with Gasteiger partial charge < -0.3 is 10.2 Å². The van der Waals surface area contributed by atoms with Crippen molar-refractivity contribution in [3.63, 3.8) is 0 Å². The minimum Gasteiger partial charge on any atom is -0.367 e. The molecule has 1 N–H and O–H groups in total. The molecule has 0 aliphatic heterocycles. The van der Waals surface area contributed by atoms with Crippen molar-refractivity contribution in [3.05, 3.63) is 38.8 Å². The molecule has 2 rings (SSSR count). The van der Waals surface area contributed by atoms with Crippen LogP contribution < -0.4 is 10.2 Å². The molecular formula is C12H15N5O2S. The normalized spacial score (nSPS) is 10.3. The van der Waals surface area contributed by atoms with Crippen LogP contribution in [0.1, 0.15) is 4.88 Å². The average Bonchev–Trinajstić information content (AvgIpc) is 2.96. The fraction of sp³-hybridized carbons (Fsp3) is 0.333. The summed E-state index contributed by atoms with van der Waals surface area (Å²) in [6, 6.07) is 4.04. The minimum atomic E-state index is -0.456. The third-order valence-corrected chi connectivity index (χ3v) is 3.79. The molecule has 8 heteroatoms. The zero-order valence-corrected chi connectivity index (χ0v) is 12.1. The fourth-order valence-corrected chi connectivity index (χ4v) is 2.54. The van der Waals surface area contributed by atoms with Gasteiger partial charge in [-0.1, -0.05) is 6.07 Å². The summed E-state index contributed by atoms with van der Waals surface area (Å²) in [7, 11) is 3.40. The van der Waals surface area contributed by atoms with Crippen molar-refractivity contribution in [1.82, 2.24) is 9.97 Å². The Balaban J connectivity index is 2.20. The number of anilines is 2. The summed E-state index contributed by atoms with van der Waals surface area (Å²) < 4.78 is 0. The molecule has 0 amide bonds. The van der Waals surface area contributed by atoms with Crippen molar-refractivity contribution < 1.29 is 4.92 Å². The molecular weight excluding hydrogens is 278 g/mol. The fourth-order valence-electron chi connectivity index (χ4n) is 1.84. The molecule has 0 spiro atoms. The lowest BCUT2D eigenvalue weighted by atomic mass is 10.3. The standard InChI is InChI=1S/C12H15N5O2S/c1-13-11-10(17(18)19)12(15-8-14-11)16(2)6-5-9-4-3-7-20-9/h3-4,7-8H,5-6H2,1-2H3,(H,13,14,15). The van der Waals surface area contributed by atoms with Crippen molar-refractivity contribution >= 4 is 28.7 Å². The lowest BCUT2D eigenvalue weighted by Crippen LogP contribution is -2.23. The smallest absolute Gasteiger partial charge is 0.353 e. The number of hydrogen-bond acceptors (Lipinski definition) is 7. The van der Waals surface area contributed by atoms with Gasteiger partial charge in [0.05, 0.1) is 4.92 Å². The van der Waals surface area contributed by atoms with Gasteiger partial charge in [-0.25, -0.2) is 9.97 Å². The van der Waals surface area contributed by atoms with E-state index in [4.69, 9.17) is 0 Å². The van der Waals surface area contributed by atoms with Gasteiger partial charge in [0.1, 0.15) is 6.33 Å². The molecule has 0 atom stereocenters. The number of likely N-dealkylation sites (N-methyl/N-ethyl adjacent to an activating group) is 1. The Morgan fingerprint density at radius 1 is 1.50 bits per heavy atom. The molecule has 0 aromatic carbocycles. The van der Waals surface area contributed by atoms with Gasteiger partial charge in [-0.05, 0) is 17.9 Å². The van der Waals surface area contributed by atoms with E-state index in [0.717, 1.165) is 6.42 Å². The topological polar surface area (TPSA) is 84.2 Å². The molecule has 0 unspecified atom stereocenters. The van der Waals surface area contributed by atoms with E-state index in [2.05, 4.69) is 15.3 Å². The minimum absolute atomic E-state index is 0.0938. The quantitative estimate of drug-likeness (QED) is 0.649. The van der Waals surface area contributed by atoms with Crippen LogP contribution in [0, 0.1) is 10.1 Å². The predicted octanol–water partition coefficient (Wildman–Crippen LogP) is 2.17. The monoisotopic (exact) mass is 293 g/mol. The van der Waals surface area contributed by atoms with E-state index in [9.17, 15) is 10.1 Å². The Morgan fingerprint density at radius 3 is 2.90 bits per heavy atom. The maximum atomic E-state index is 11.2. The number of hydrogen-bond donors (Lipinski definition) is 1. The summed E-state index contributed by atoms with van der Waals surface area (Å²) in [6.45, 7) is 0.654. The molecule has 0 saturated heterocycles. The summed E-state index contributed by atoms with van der Waals surface area (Å²) in [5, 5.41) is 15.9. The Kier molecular flexibility index (Phi) is 4.46. The molecule has 106 valence electrons. The number of rotatable bonds is 6. The number of nitro groups is 1. The molecule has 0 saturated carbocycles. The van der Waals surface area contributed by atoms with Crippen LogP contribution in [0.2, 0.25) is 0 Å². The SMILES string of the molecule is CNc1ncnc(N(C)CCc2cccs2)c1[N+](=O)[O-]. The molecule has 7 nitrogen and oxygen atoms in total. The van der Waals surface area contributed by atoms with Crippen LogP contribution in [0.15, 0.2) is 23.8 Å². The Labute approximate surface area is 120 Å². The summed E-state index contributed by atoms with van der Waals surface area (Å²) in [5.74, 6) is 0.550. The number of nitrogens with zero attached hydrogens (tertiary/aromatic N) is 4. The summed E-state index contributed by atoms with van der Waals surface area (Å²) in [5.41, 5.74) is -0.0938. The Morgan fingerprint density at radius 2 is 2.30 bits per heavy atom. The third kappa shape index (κ3) is 3.02. The number of nitrogens with one attached hydrogen (secondary N) is 1. The van der Waals surface area contributed by atoms with Gasteiger partial charge in [0, 0.05) is 25.5 Å². The van der Waals surface area contributed by atoms with Gasteiger partial charge >= 0.3 is 5.69 Å². The second kappa shape index (κ2) is 6.29. The highest BCUT2D eigenvalue weighted by Gasteiger charge is 2.24. The first kappa shape index (κ1) is 14.2. The largest absolute Gasteiger partial charge is 0.367 e. The van der Waals surface area contributed by atoms with Gasteiger partial charge in [0.2, 0.25) is 11.6 Å². The molecule has 20 heavy (non-hydrogen) atoms. The molecule has 2 aromatic heterocycles. The van der Waals surface area contributed by atoms with Crippen LogP contribution in [0.3, 0.4) is 0 Å². The van der Waals surface area contributed by atoms with Crippen LogP contribution in [0.25, 0.3) is 0 Å². The number of aromatic nitrogens is 2. The van der Waals surface area contributed by atoms with Crippen LogP contribution in [-0.2, 0) is 6.42 Å². The van der Waals surface area contributed by atoms with Crippen molar-refractivity contribution in [2.45, 2.75) is 6.42 Å². The average molecular weight is 293 g/mol. The molecule has 0 radical (unpaired) electrons. The summed E-state index contributed by atoms with van der Waals surface area (Å²) in [4.78, 5) is 21.7. The van der Waals surface area contributed by atoms with Gasteiger partial charge in [0.15, 0.2) is 0 Å². The van der Waals surface area contributed by atoms with Crippen LogP contribution in [-0.4, -0.2) is 35.5 Å². The highest BCUT2D eigenvalue weighted by molar-refractivity contribution is 7.09. The molecule has 2 heterocycles. The molecule has 0 aliphatic carbocycles. The van der Waals surface area contributed by atoms with E-state index < -0.39 is 4.92 Å². The highest BCUT2D eigenvalue weighted by atomic mass is 32.1. The van der Waals surface area contributed by atoms with E-state index in [0.29, 0.717) is 12.4 Å². The maximum Gasteiger partial charge on any atom is 0.353 e. The van der Waals surface area contributed by atoms with Crippen molar-refractivity contribution in [2.24, 2.45) is 0 Å². The zero-order valence-electron chi connectivity index (χ0n) is 11.2. The molecule has 0 bridgehead atoms. The first-order valence-electron chi connectivity index (χ1n) is 6.04. The van der Waals surface area contributed by atoms with E-state index in [1.165, 1.54) is 11.2 Å². The highest BCUT2D eigenvalue weighted by Crippen LogP contribution is 2.30. The van der Waals surface area contributed by atoms with E-state index in [-0.39, 0.29) is 11.5 Å². The van der Waals surface area contributed by atoms with Gasteiger partial charge in [-0.3, -0.25) is 10.1 Å². The second-order valence-electron chi connectivity index (χ2n) is 4.15. The molecule has 0 fully saturated rings. The summed E-state index contributed by atoms with van der Waals surface area (Å²) in [6.07, 6.45) is 2.15. The Bertz CT molecular complexity index is 588. The molecule has 0 aliphatic rings. The van der Waals surface area contributed by atoms with E-state index in [1.54, 1.807) is 30.3 Å². The van der Waals surface area contributed by atoms with Gasteiger partial charge in [0.25, 0.3) is 0 Å². The summed E-state index contributed by atoms with van der Waals surface area (Å²) >= 11 is 1.67. The third-order valence-electron chi connectivity index (χ3n) is 2.86. The van der Waals surface area contributed by atoms with Gasteiger partial charge in [-0.15, -0.1) is 11.3 Å². The lowest BCUT2D eigenvalue weighted by molar-refractivity contribution is -0.383. The number of thiophene rings is 1. The van der Waals surface area contributed by atoms with E-state index in [1.807, 2.05) is 17.5 Å². The lowest BCUT2D eigenvalue weighted by Gasteiger charge is -2.18. The Hall–Kier alpha value is -2.22. The first-order chi connectivity index (χ1) is 9.63. The van der Waals surface area contributed by atoms with Crippen LogP contribution in [0.5, 0.6) is 0 Å². The van der Waals surface area contributed by atoms with Crippen LogP contribution >= 0.6 is 11.3 Å². The van der Waals surface area contributed by atoms with Gasteiger partial charge in [-0.2, -0.15) is 0 Å². The van der Waals surface area contributed by atoms with Crippen molar-refractivity contribution in [1.29, 1.82) is 0 Å². The predicted molar refractivity (Wildman–Crippen MR) is 79.5 cm³/mol. The zero-order chi connectivity index (χ0) is 14.5. The van der Waals surface area contributed by atoms with Crippen molar-refractivity contribution in [3.8, 4) is 0 Å². The van der Waals surface area contributed by atoms with E-state index >= 15 is 0 Å². The maximum absolute atomic E-state index is 11.2. The first-order valence-corrected chi connectivity index (χ1v) is 6.92.